The zero-order chi connectivity index (χ0) is 35.5. The van der Waals surface area contributed by atoms with E-state index >= 15 is 0 Å². The average molecular weight is 645 g/mol. The van der Waals surface area contributed by atoms with Crippen molar-refractivity contribution in [2.24, 2.45) is 11.7 Å². The number of carboxylic acids is 1. The van der Waals surface area contributed by atoms with Gasteiger partial charge in [-0.1, -0.05) is 13.8 Å². The molecule has 0 radical (unpaired) electrons. The molecular weight excluding hydrogens is 592 g/mol. The van der Waals surface area contributed by atoms with Crippen LogP contribution in [0.25, 0.3) is 0 Å². The molecule has 4 atom stereocenters. The van der Waals surface area contributed by atoms with Crippen molar-refractivity contribution >= 4 is 41.6 Å². The molecular formula is C30H52N4O11. The van der Waals surface area contributed by atoms with E-state index in [2.05, 4.69) is 16.0 Å². The standard InChI is InChI=1S/C30H52N4O11/c1-16(2)23(26(40)33-19(27(41)42)15-22(37)45-30(9,10)11)34-25(39)18(12-13-20(35)43-28(3,4)5)32-24(38)17(31)14-21(36)44-29(6,7)8/h16-19,23H,12-15,31H2,1-11H3,(H,32,38)(H,33,40)(H,34,39)(H,41,42)/t17-,18-,19-,23-/m0/s1. The maximum atomic E-state index is 13.4. The van der Waals surface area contributed by atoms with Crippen LogP contribution in [0.3, 0.4) is 0 Å². The molecule has 0 spiro atoms. The van der Waals surface area contributed by atoms with Gasteiger partial charge in [0.05, 0.1) is 18.9 Å². The van der Waals surface area contributed by atoms with E-state index in [9.17, 15) is 38.7 Å². The highest BCUT2D eigenvalue weighted by molar-refractivity contribution is 5.95. The van der Waals surface area contributed by atoms with Crippen LogP contribution >= 0.6 is 0 Å². The molecule has 0 heterocycles. The molecule has 0 unspecified atom stereocenters. The van der Waals surface area contributed by atoms with Crippen molar-refractivity contribution in [3.63, 3.8) is 0 Å². The number of hydrogen-bond acceptors (Lipinski definition) is 11. The molecule has 15 heteroatoms. The lowest BCUT2D eigenvalue weighted by atomic mass is 10.0. The minimum atomic E-state index is -1.65. The molecule has 0 aliphatic rings. The number of aliphatic carboxylic acids is 1. The number of hydrogen-bond donors (Lipinski definition) is 5. The molecule has 0 fully saturated rings. The van der Waals surface area contributed by atoms with Gasteiger partial charge in [0.2, 0.25) is 17.7 Å². The Morgan fingerprint density at radius 2 is 1.04 bits per heavy atom. The maximum absolute atomic E-state index is 13.4. The average Bonchev–Trinajstić information content (AvgIpc) is 2.80. The number of esters is 3. The smallest absolute Gasteiger partial charge is 0.326 e. The fourth-order valence-corrected chi connectivity index (χ4v) is 3.66. The zero-order valence-electron chi connectivity index (χ0n) is 28.3. The van der Waals surface area contributed by atoms with Gasteiger partial charge in [-0.25, -0.2) is 4.79 Å². The van der Waals surface area contributed by atoms with Gasteiger partial charge < -0.3 is 41.0 Å². The van der Waals surface area contributed by atoms with Crippen molar-refractivity contribution in [3.8, 4) is 0 Å². The second-order valence-corrected chi connectivity index (χ2v) is 14.0. The van der Waals surface area contributed by atoms with Gasteiger partial charge in [-0.2, -0.15) is 0 Å². The van der Waals surface area contributed by atoms with Gasteiger partial charge in [-0.3, -0.25) is 28.8 Å². The van der Waals surface area contributed by atoms with E-state index in [4.69, 9.17) is 19.9 Å². The number of ether oxygens (including phenoxy) is 3. The summed E-state index contributed by atoms with van der Waals surface area (Å²) in [4.78, 5) is 88.0. The van der Waals surface area contributed by atoms with Crippen molar-refractivity contribution in [1.82, 2.24) is 16.0 Å². The number of carboxylic acid groups (broad SMARTS) is 1. The van der Waals surface area contributed by atoms with Crippen LogP contribution in [-0.2, 0) is 47.8 Å². The molecule has 0 aliphatic heterocycles. The van der Waals surface area contributed by atoms with Crippen molar-refractivity contribution in [2.45, 2.75) is 143 Å². The Balaban J connectivity index is 5.89. The highest BCUT2D eigenvalue weighted by atomic mass is 16.6. The number of nitrogens with two attached hydrogens (primary N) is 1. The van der Waals surface area contributed by atoms with E-state index in [1.807, 2.05) is 0 Å². The predicted molar refractivity (Wildman–Crippen MR) is 162 cm³/mol. The molecule has 0 saturated heterocycles. The molecule has 6 N–H and O–H groups in total. The summed E-state index contributed by atoms with van der Waals surface area (Å²) < 4.78 is 15.6. The van der Waals surface area contributed by atoms with Crippen LogP contribution in [0, 0.1) is 5.92 Å². The zero-order valence-corrected chi connectivity index (χ0v) is 28.3. The Hall–Kier alpha value is -3.75. The molecule has 258 valence electrons. The summed E-state index contributed by atoms with van der Waals surface area (Å²) in [7, 11) is 0. The van der Waals surface area contributed by atoms with Gasteiger partial charge in [0.15, 0.2) is 0 Å². The summed E-state index contributed by atoms with van der Waals surface area (Å²) in [5.74, 6) is -7.01. The quantitative estimate of drug-likeness (QED) is 0.125. The van der Waals surface area contributed by atoms with Crippen LogP contribution in [0.5, 0.6) is 0 Å². The van der Waals surface area contributed by atoms with Gasteiger partial charge in [0, 0.05) is 6.42 Å². The third-order valence-corrected chi connectivity index (χ3v) is 5.49. The Labute approximate surface area is 265 Å². The van der Waals surface area contributed by atoms with E-state index in [0.717, 1.165) is 0 Å². The highest BCUT2D eigenvalue weighted by Gasteiger charge is 2.34. The van der Waals surface area contributed by atoms with E-state index in [1.54, 1.807) is 76.2 Å². The normalized spacial score (nSPS) is 14.7. The first-order valence-corrected chi connectivity index (χ1v) is 14.8. The number of carbonyl (C=O) groups is 7. The SMILES string of the molecule is CC(C)[C@H](NC(=O)[C@H](CCC(=O)OC(C)(C)C)NC(=O)[C@@H](N)CC(=O)OC(C)(C)C)C(=O)N[C@@H](CC(=O)OC(C)(C)C)C(=O)O. The fraction of sp³-hybridized carbons (Fsp3) is 0.767. The molecule has 45 heavy (non-hydrogen) atoms. The second kappa shape index (κ2) is 17.1. The predicted octanol–water partition coefficient (Wildman–Crippen LogP) is 1.09. The topological polar surface area (TPSA) is 230 Å². The summed E-state index contributed by atoms with van der Waals surface area (Å²) in [5.41, 5.74) is 3.38. The van der Waals surface area contributed by atoms with Gasteiger partial charge in [0.25, 0.3) is 0 Å². The number of nitrogens with one attached hydrogen (secondary N) is 3. The number of carbonyl (C=O) groups excluding carboxylic acids is 6. The largest absolute Gasteiger partial charge is 0.480 e. The van der Waals surface area contributed by atoms with E-state index in [1.165, 1.54) is 0 Å². The summed E-state index contributed by atoms with van der Waals surface area (Å²) in [6.45, 7) is 17.9. The molecule has 15 nitrogen and oxygen atoms in total. The van der Waals surface area contributed by atoms with E-state index < -0.39 is 101 Å². The number of rotatable bonds is 15. The molecule has 0 rings (SSSR count). The van der Waals surface area contributed by atoms with Crippen LogP contribution in [0.4, 0.5) is 0 Å². The van der Waals surface area contributed by atoms with Crippen LogP contribution in [-0.4, -0.2) is 87.7 Å². The Bertz CT molecular complexity index is 1080. The molecule has 0 aromatic rings. The van der Waals surface area contributed by atoms with Gasteiger partial charge in [0.1, 0.15) is 34.9 Å². The summed E-state index contributed by atoms with van der Waals surface area (Å²) >= 11 is 0. The minimum Gasteiger partial charge on any atom is -0.480 e. The summed E-state index contributed by atoms with van der Waals surface area (Å²) in [5, 5.41) is 16.7. The molecule has 0 aromatic heterocycles. The third-order valence-electron chi connectivity index (χ3n) is 5.49. The number of amides is 3. The van der Waals surface area contributed by atoms with Crippen molar-refractivity contribution in [3.05, 3.63) is 0 Å². The van der Waals surface area contributed by atoms with E-state index in [0.29, 0.717) is 0 Å². The molecule has 0 saturated carbocycles. The summed E-state index contributed by atoms with van der Waals surface area (Å²) in [6, 6.07) is -5.76. The Morgan fingerprint density at radius 3 is 1.47 bits per heavy atom. The molecule has 0 bridgehead atoms. The highest BCUT2D eigenvalue weighted by Crippen LogP contribution is 2.13. The van der Waals surface area contributed by atoms with Gasteiger partial charge in [-0.05, 0) is 74.7 Å². The summed E-state index contributed by atoms with van der Waals surface area (Å²) in [6.07, 6.45) is -1.71. The Morgan fingerprint density at radius 1 is 0.622 bits per heavy atom. The van der Waals surface area contributed by atoms with Crippen LogP contribution in [0.2, 0.25) is 0 Å². The van der Waals surface area contributed by atoms with E-state index in [-0.39, 0.29) is 12.8 Å². The van der Waals surface area contributed by atoms with Crippen LogP contribution < -0.4 is 21.7 Å². The van der Waals surface area contributed by atoms with Crippen LogP contribution in [0.15, 0.2) is 0 Å². The molecule has 0 aliphatic carbocycles. The lowest BCUT2D eigenvalue weighted by Crippen LogP contribution is -2.58. The van der Waals surface area contributed by atoms with Crippen molar-refractivity contribution in [1.29, 1.82) is 0 Å². The Kier molecular flexibility index (Phi) is 15.7. The van der Waals surface area contributed by atoms with Gasteiger partial charge >= 0.3 is 23.9 Å². The minimum absolute atomic E-state index is 0.255. The monoisotopic (exact) mass is 644 g/mol. The fourth-order valence-electron chi connectivity index (χ4n) is 3.66. The van der Waals surface area contributed by atoms with Crippen LogP contribution in [0.1, 0.15) is 102 Å². The van der Waals surface area contributed by atoms with Gasteiger partial charge in [-0.15, -0.1) is 0 Å². The molecule has 0 aromatic carbocycles. The lowest BCUT2D eigenvalue weighted by Gasteiger charge is -2.27. The van der Waals surface area contributed by atoms with Crippen molar-refractivity contribution < 1.29 is 52.9 Å². The third kappa shape index (κ3) is 18.6. The first kappa shape index (κ1) is 41.2. The first-order valence-electron chi connectivity index (χ1n) is 14.8. The maximum Gasteiger partial charge on any atom is 0.326 e. The second-order valence-electron chi connectivity index (χ2n) is 14.0. The molecule has 3 amide bonds. The lowest BCUT2D eigenvalue weighted by molar-refractivity contribution is -0.159. The van der Waals surface area contributed by atoms with Crippen molar-refractivity contribution in [2.75, 3.05) is 0 Å². The first-order chi connectivity index (χ1) is 20.2.